The molecule has 0 radical (unpaired) electrons. The molecule has 0 unspecified atom stereocenters. The standard InChI is InChI=1S/C17H25BrN2O/c18-15-10-13-6-9-21-17(13)14(11-15)12-20(8-3-7-19)16-4-1-2-5-16/h10-11,16H,1-9,12,19H2. The molecule has 1 aliphatic heterocycles. The molecule has 0 aromatic heterocycles. The summed E-state index contributed by atoms with van der Waals surface area (Å²) in [7, 11) is 0. The van der Waals surface area contributed by atoms with Crippen LogP contribution in [0.3, 0.4) is 0 Å². The van der Waals surface area contributed by atoms with E-state index in [9.17, 15) is 0 Å². The minimum Gasteiger partial charge on any atom is -0.493 e. The zero-order valence-corrected chi connectivity index (χ0v) is 14.2. The van der Waals surface area contributed by atoms with Crippen molar-refractivity contribution >= 4 is 15.9 Å². The lowest BCUT2D eigenvalue weighted by atomic mass is 10.1. The van der Waals surface area contributed by atoms with Crippen LogP contribution in [0.4, 0.5) is 0 Å². The molecule has 0 saturated heterocycles. The summed E-state index contributed by atoms with van der Waals surface area (Å²) in [4.78, 5) is 2.63. The normalized spacial score (nSPS) is 18.2. The Labute approximate surface area is 136 Å². The quantitative estimate of drug-likeness (QED) is 0.851. The van der Waals surface area contributed by atoms with Crippen molar-refractivity contribution in [2.75, 3.05) is 19.7 Å². The molecule has 1 aromatic carbocycles. The fraction of sp³-hybridized carbons (Fsp3) is 0.647. The number of rotatable bonds is 6. The van der Waals surface area contributed by atoms with Gasteiger partial charge in [0.2, 0.25) is 0 Å². The van der Waals surface area contributed by atoms with E-state index in [2.05, 4.69) is 33.0 Å². The molecule has 116 valence electrons. The second kappa shape index (κ2) is 7.12. The van der Waals surface area contributed by atoms with Crippen molar-refractivity contribution in [2.24, 2.45) is 5.73 Å². The lowest BCUT2D eigenvalue weighted by Gasteiger charge is -2.29. The summed E-state index contributed by atoms with van der Waals surface area (Å²) in [5.74, 6) is 1.13. The topological polar surface area (TPSA) is 38.5 Å². The predicted octanol–water partition coefficient (Wildman–Crippen LogP) is 3.48. The first-order valence-corrected chi connectivity index (χ1v) is 8.95. The summed E-state index contributed by atoms with van der Waals surface area (Å²) in [5.41, 5.74) is 8.41. The highest BCUT2D eigenvalue weighted by Crippen LogP contribution is 2.35. The maximum absolute atomic E-state index is 5.88. The number of nitrogens with two attached hydrogens (primary N) is 1. The van der Waals surface area contributed by atoms with Gasteiger partial charge in [-0.15, -0.1) is 0 Å². The van der Waals surface area contributed by atoms with Gasteiger partial charge in [-0.3, -0.25) is 4.90 Å². The molecule has 4 heteroatoms. The van der Waals surface area contributed by atoms with Gasteiger partial charge in [-0.2, -0.15) is 0 Å². The summed E-state index contributed by atoms with van der Waals surface area (Å²) in [5, 5.41) is 0. The molecule has 0 bridgehead atoms. The van der Waals surface area contributed by atoms with E-state index < -0.39 is 0 Å². The first-order valence-electron chi connectivity index (χ1n) is 8.16. The molecule has 0 amide bonds. The average Bonchev–Trinajstić information content (AvgIpc) is 3.13. The molecule has 2 aliphatic rings. The van der Waals surface area contributed by atoms with Gasteiger partial charge in [0.1, 0.15) is 5.75 Å². The third-order valence-electron chi connectivity index (χ3n) is 4.69. The zero-order chi connectivity index (χ0) is 14.7. The third kappa shape index (κ3) is 3.61. The largest absolute Gasteiger partial charge is 0.493 e. The van der Waals surface area contributed by atoms with E-state index in [0.717, 1.165) is 50.9 Å². The first-order chi connectivity index (χ1) is 10.3. The van der Waals surface area contributed by atoms with Gasteiger partial charge in [0.15, 0.2) is 0 Å². The summed E-state index contributed by atoms with van der Waals surface area (Å²) < 4.78 is 7.05. The Hall–Kier alpha value is -0.580. The van der Waals surface area contributed by atoms with Gasteiger partial charge >= 0.3 is 0 Å². The van der Waals surface area contributed by atoms with Crippen molar-refractivity contribution in [3.05, 3.63) is 27.7 Å². The molecular weight excluding hydrogens is 328 g/mol. The van der Waals surface area contributed by atoms with Gasteiger partial charge in [0.25, 0.3) is 0 Å². The van der Waals surface area contributed by atoms with Crippen molar-refractivity contribution in [1.82, 2.24) is 4.90 Å². The van der Waals surface area contributed by atoms with Gasteiger partial charge in [-0.1, -0.05) is 28.8 Å². The number of halogens is 1. The van der Waals surface area contributed by atoms with Crippen LogP contribution in [0.5, 0.6) is 5.75 Å². The number of hydrogen-bond acceptors (Lipinski definition) is 3. The Balaban J connectivity index is 1.78. The fourth-order valence-corrected chi connectivity index (χ4v) is 4.19. The van der Waals surface area contributed by atoms with Crippen LogP contribution in [-0.4, -0.2) is 30.6 Å². The summed E-state index contributed by atoms with van der Waals surface area (Å²) in [6.07, 6.45) is 7.53. The molecule has 0 spiro atoms. The van der Waals surface area contributed by atoms with E-state index in [4.69, 9.17) is 10.5 Å². The number of benzene rings is 1. The van der Waals surface area contributed by atoms with Gasteiger partial charge in [0.05, 0.1) is 6.61 Å². The molecule has 1 saturated carbocycles. The number of nitrogens with zero attached hydrogens (tertiary/aromatic N) is 1. The highest BCUT2D eigenvalue weighted by molar-refractivity contribution is 9.10. The lowest BCUT2D eigenvalue weighted by molar-refractivity contribution is 0.186. The van der Waals surface area contributed by atoms with Gasteiger partial charge in [0, 0.05) is 29.0 Å². The molecule has 3 nitrogen and oxygen atoms in total. The van der Waals surface area contributed by atoms with Gasteiger partial charge < -0.3 is 10.5 Å². The SMILES string of the molecule is NCCCN(Cc1cc(Br)cc2c1OCC2)C1CCCC1. The summed E-state index contributed by atoms with van der Waals surface area (Å²) >= 11 is 3.65. The monoisotopic (exact) mass is 352 g/mol. The Bertz CT molecular complexity index is 486. The Morgan fingerprint density at radius 1 is 1.29 bits per heavy atom. The van der Waals surface area contributed by atoms with Crippen LogP contribution >= 0.6 is 15.9 Å². The molecule has 2 N–H and O–H groups in total. The second-order valence-corrected chi connectivity index (χ2v) is 7.12. The third-order valence-corrected chi connectivity index (χ3v) is 5.15. The molecular formula is C17H25BrN2O. The van der Waals surface area contributed by atoms with Crippen LogP contribution in [0.15, 0.2) is 16.6 Å². The van der Waals surface area contributed by atoms with Crippen molar-refractivity contribution in [2.45, 2.75) is 51.1 Å². The maximum Gasteiger partial charge on any atom is 0.127 e. The summed E-state index contributed by atoms with van der Waals surface area (Å²) in [6.45, 7) is 3.69. The van der Waals surface area contributed by atoms with Crippen LogP contribution in [0, 0.1) is 0 Å². The molecule has 1 fully saturated rings. The Morgan fingerprint density at radius 3 is 2.86 bits per heavy atom. The molecule has 1 aromatic rings. The predicted molar refractivity (Wildman–Crippen MR) is 89.7 cm³/mol. The highest BCUT2D eigenvalue weighted by Gasteiger charge is 2.25. The number of ether oxygens (including phenoxy) is 1. The van der Waals surface area contributed by atoms with Crippen LogP contribution < -0.4 is 10.5 Å². The average molecular weight is 353 g/mol. The highest BCUT2D eigenvalue weighted by atomic mass is 79.9. The van der Waals surface area contributed by atoms with Crippen LogP contribution in [0.2, 0.25) is 0 Å². The molecule has 1 heterocycles. The van der Waals surface area contributed by atoms with E-state index >= 15 is 0 Å². The van der Waals surface area contributed by atoms with Crippen molar-refractivity contribution in [1.29, 1.82) is 0 Å². The van der Waals surface area contributed by atoms with E-state index in [1.54, 1.807) is 0 Å². The minimum absolute atomic E-state index is 0.729. The fourth-order valence-electron chi connectivity index (χ4n) is 3.64. The smallest absolute Gasteiger partial charge is 0.127 e. The molecule has 3 rings (SSSR count). The number of hydrogen-bond donors (Lipinski definition) is 1. The van der Waals surface area contributed by atoms with Crippen LogP contribution in [0.25, 0.3) is 0 Å². The second-order valence-electron chi connectivity index (χ2n) is 6.20. The van der Waals surface area contributed by atoms with Gasteiger partial charge in [-0.05, 0) is 50.0 Å². The summed E-state index contributed by atoms with van der Waals surface area (Å²) in [6, 6.07) is 5.16. The van der Waals surface area contributed by atoms with E-state index in [1.165, 1.54) is 41.3 Å². The van der Waals surface area contributed by atoms with Crippen molar-refractivity contribution in [3.63, 3.8) is 0 Å². The van der Waals surface area contributed by atoms with E-state index in [1.807, 2.05) is 0 Å². The molecule has 21 heavy (non-hydrogen) atoms. The zero-order valence-electron chi connectivity index (χ0n) is 12.6. The maximum atomic E-state index is 5.88. The van der Waals surface area contributed by atoms with Crippen LogP contribution in [-0.2, 0) is 13.0 Å². The molecule has 0 atom stereocenters. The molecule has 1 aliphatic carbocycles. The number of fused-ring (bicyclic) bond motifs is 1. The van der Waals surface area contributed by atoms with Gasteiger partial charge in [-0.25, -0.2) is 0 Å². The van der Waals surface area contributed by atoms with Crippen molar-refractivity contribution < 1.29 is 4.74 Å². The van der Waals surface area contributed by atoms with E-state index in [0.29, 0.717) is 0 Å². The van der Waals surface area contributed by atoms with Crippen molar-refractivity contribution in [3.8, 4) is 5.75 Å². The minimum atomic E-state index is 0.729. The Kier molecular flexibility index (Phi) is 5.19. The lowest BCUT2D eigenvalue weighted by Crippen LogP contribution is -2.34. The first kappa shape index (κ1) is 15.3. The Morgan fingerprint density at radius 2 is 2.10 bits per heavy atom. The van der Waals surface area contributed by atoms with Crippen LogP contribution in [0.1, 0.15) is 43.2 Å². The van der Waals surface area contributed by atoms with E-state index in [-0.39, 0.29) is 0 Å².